The summed E-state index contributed by atoms with van der Waals surface area (Å²) in [6.07, 6.45) is 3.30. The summed E-state index contributed by atoms with van der Waals surface area (Å²) in [5.74, 6) is 0.291. The highest BCUT2D eigenvalue weighted by Crippen LogP contribution is 2.21. The lowest BCUT2D eigenvalue weighted by atomic mass is 10.1. The molecule has 150 valence electrons. The summed E-state index contributed by atoms with van der Waals surface area (Å²) in [5.41, 5.74) is 0.441. The van der Waals surface area contributed by atoms with Crippen LogP contribution in [-0.4, -0.2) is 59.8 Å². The molecule has 0 unspecified atom stereocenters. The van der Waals surface area contributed by atoms with E-state index in [-0.39, 0.29) is 11.1 Å². The van der Waals surface area contributed by atoms with Gasteiger partial charge in [0.25, 0.3) is 11.5 Å². The molecular formula is C20H26N4O4. The van der Waals surface area contributed by atoms with Crippen molar-refractivity contribution in [3.8, 4) is 5.75 Å². The first-order valence-corrected chi connectivity index (χ1v) is 9.49. The number of carbonyl (C=O) groups is 1. The Kier molecular flexibility index (Phi) is 6.78. The minimum Gasteiger partial charge on any atom is -0.490 e. The lowest BCUT2D eigenvalue weighted by molar-refractivity contribution is 0.0363. The Morgan fingerprint density at radius 3 is 2.82 bits per heavy atom. The molecule has 1 N–H and O–H groups in total. The van der Waals surface area contributed by atoms with Gasteiger partial charge in [-0.05, 0) is 37.6 Å². The Bertz CT molecular complexity index is 875. The van der Waals surface area contributed by atoms with Crippen LogP contribution in [-0.2, 0) is 11.3 Å². The summed E-state index contributed by atoms with van der Waals surface area (Å²) < 4.78 is 12.4. The van der Waals surface area contributed by atoms with Crippen LogP contribution in [0, 0.1) is 6.92 Å². The molecule has 0 saturated carbocycles. The lowest BCUT2D eigenvalue weighted by Crippen LogP contribution is -2.40. The Balaban J connectivity index is 1.77. The number of aromatic nitrogens is 2. The summed E-state index contributed by atoms with van der Waals surface area (Å²) >= 11 is 0. The van der Waals surface area contributed by atoms with Crippen molar-refractivity contribution in [3.63, 3.8) is 0 Å². The van der Waals surface area contributed by atoms with E-state index in [1.165, 1.54) is 0 Å². The van der Waals surface area contributed by atoms with Crippen LogP contribution in [0.1, 0.15) is 22.8 Å². The maximum absolute atomic E-state index is 12.9. The van der Waals surface area contributed by atoms with Crippen molar-refractivity contribution < 1.29 is 14.3 Å². The van der Waals surface area contributed by atoms with Crippen molar-refractivity contribution in [3.05, 3.63) is 52.1 Å². The van der Waals surface area contributed by atoms with Gasteiger partial charge in [0.2, 0.25) is 0 Å². The number of aryl methyl sites for hydroxylation is 1. The minimum atomic E-state index is -0.483. The Morgan fingerprint density at radius 1 is 1.29 bits per heavy atom. The fraction of sp³-hybridized carbons (Fsp3) is 0.450. The van der Waals surface area contributed by atoms with Gasteiger partial charge in [0.05, 0.1) is 19.8 Å². The summed E-state index contributed by atoms with van der Waals surface area (Å²) in [6, 6.07) is 5.25. The van der Waals surface area contributed by atoms with Gasteiger partial charge in [-0.2, -0.15) is 0 Å². The number of anilines is 1. The highest BCUT2D eigenvalue weighted by molar-refractivity contribution is 6.05. The summed E-state index contributed by atoms with van der Waals surface area (Å²) in [5, 5.41) is 2.71. The first kappa shape index (κ1) is 20.0. The lowest BCUT2D eigenvalue weighted by Gasteiger charge is -2.26. The molecule has 1 aliphatic heterocycles. The number of pyridine rings is 2. The van der Waals surface area contributed by atoms with E-state index in [2.05, 4.69) is 15.2 Å². The smallest absolute Gasteiger partial charge is 0.263 e. The number of hydrogen-bond donors (Lipinski definition) is 1. The molecule has 1 aliphatic rings. The molecule has 3 heterocycles. The third kappa shape index (κ3) is 4.76. The van der Waals surface area contributed by atoms with E-state index in [9.17, 15) is 9.59 Å². The molecular weight excluding hydrogens is 360 g/mol. The molecule has 8 heteroatoms. The molecule has 28 heavy (non-hydrogen) atoms. The fourth-order valence-electron chi connectivity index (χ4n) is 3.12. The van der Waals surface area contributed by atoms with Gasteiger partial charge in [-0.3, -0.25) is 14.5 Å². The highest BCUT2D eigenvalue weighted by atomic mass is 16.5. The minimum absolute atomic E-state index is 0.123. The number of nitrogens with one attached hydrogen (secondary N) is 1. The van der Waals surface area contributed by atoms with Gasteiger partial charge < -0.3 is 19.4 Å². The van der Waals surface area contributed by atoms with E-state index in [1.54, 1.807) is 42.1 Å². The van der Waals surface area contributed by atoms with Gasteiger partial charge in [0.1, 0.15) is 5.56 Å². The van der Waals surface area contributed by atoms with E-state index in [0.29, 0.717) is 43.5 Å². The zero-order valence-electron chi connectivity index (χ0n) is 16.3. The van der Waals surface area contributed by atoms with Crippen LogP contribution in [0.2, 0.25) is 0 Å². The van der Waals surface area contributed by atoms with Gasteiger partial charge in [-0.1, -0.05) is 0 Å². The van der Waals surface area contributed by atoms with Crippen LogP contribution >= 0.6 is 0 Å². The number of nitrogens with zero attached hydrogens (tertiary/aromatic N) is 3. The number of amides is 1. The average Bonchev–Trinajstić information content (AvgIpc) is 2.70. The second-order valence-electron chi connectivity index (χ2n) is 6.56. The molecule has 0 radical (unpaired) electrons. The third-order valence-electron chi connectivity index (χ3n) is 4.66. The molecule has 1 saturated heterocycles. The average molecular weight is 386 g/mol. The quantitative estimate of drug-likeness (QED) is 0.777. The van der Waals surface area contributed by atoms with Crippen molar-refractivity contribution in [2.24, 2.45) is 0 Å². The van der Waals surface area contributed by atoms with Crippen LogP contribution in [0.25, 0.3) is 0 Å². The predicted molar refractivity (Wildman–Crippen MR) is 106 cm³/mol. The highest BCUT2D eigenvalue weighted by Gasteiger charge is 2.19. The maximum atomic E-state index is 12.9. The van der Waals surface area contributed by atoms with E-state index in [1.807, 2.05) is 6.92 Å². The third-order valence-corrected chi connectivity index (χ3v) is 4.66. The molecule has 0 aromatic carbocycles. The number of hydrogen-bond acceptors (Lipinski definition) is 6. The van der Waals surface area contributed by atoms with Gasteiger partial charge >= 0.3 is 0 Å². The first-order chi connectivity index (χ1) is 13.6. The Labute approximate surface area is 164 Å². The standard InChI is InChI=1S/C20H26N4O4/c1-3-28-16-5-4-7-21-18(16)22-19(25)17-15(2)6-8-24(20(17)26)10-9-23-11-13-27-14-12-23/h4-8H,3,9-14H2,1-2H3,(H,21,22,25). The number of ether oxygens (including phenoxy) is 2. The van der Waals surface area contributed by atoms with Crippen molar-refractivity contribution in [2.45, 2.75) is 20.4 Å². The first-order valence-electron chi connectivity index (χ1n) is 9.49. The molecule has 2 aromatic heterocycles. The fourth-order valence-corrected chi connectivity index (χ4v) is 3.12. The molecule has 2 aromatic rings. The second kappa shape index (κ2) is 9.48. The van der Waals surface area contributed by atoms with Crippen LogP contribution in [0.4, 0.5) is 5.82 Å². The van der Waals surface area contributed by atoms with Crippen molar-refractivity contribution in [1.82, 2.24) is 14.5 Å². The normalized spacial score (nSPS) is 14.6. The SMILES string of the molecule is CCOc1cccnc1NC(=O)c1c(C)ccn(CCN2CCOCC2)c1=O. The zero-order valence-corrected chi connectivity index (χ0v) is 16.3. The van der Waals surface area contributed by atoms with Crippen molar-refractivity contribution in [1.29, 1.82) is 0 Å². The van der Waals surface area contributed by atoms with E-state index in [0.717, 1.165) is 19.6 Å². The van der Waals surface area contributed by atoms with Gasteiger partial charge in [-0.15, -0.1) is 0 Å². The summed E-state index contributed by atoms with van der Waals surface area (Å²) in [6.45, 7) is 8.45. The second-order valence-corrected chi connectivity index (χ2v) is 6.56. The number of rotatable bonds is 7. The molecule has 1 amide bonds. The zero-order chi connectivity index (χ0) is 19.9. The van der Waals surface area contributed by atoms with Crippen LogP contribution in [0.5, 0.6) is 5.75 Å². The molecule has 1 fully saturated rings. The number of carbonyl (C=O) groups excluding carboxylic acids is 1. The van der Waals surface area contributed by atoms with Crippen LogP contribution in [0.15, 0.2) is 35.4 Å². The van der Waals surface area contributed by atoms with E-state index < -0.39 is 5.91 Å². The molecule has 3 rings (SSSR count). The van der Waals surface area contributed by atoms with Crippen LogP contribution in [0.3, 0.4) is 0 Å². The molecule has 0 spiro atoms. The van der Waals surface area contributed by atoms with E-state index >= 15 is 0 Å². The predicted octanol–water partition coefficient (Wildman–Crippen LogP) is 1.53. The van der Waals surface area contributed by atoms with E-state index in [4.69, 9.17) is 9.47 Å². The molecule has 0 bridgehead atoms. The molecule has 8 nitrogen and oxygen atoms in total. The monoisotopic (exact) mass is 386 g/mol. The van der Waals surface area contributed by atoms with Crippen LogP contribution < -0.4 is 15.6 Å². The van der Waals surface area contributed by atoms with Crippen molar-refractivity contribution in [2.75, 3.05) is 44.8 Å². The van der Waals surface area contributed by atoms with Gasteiger partial charge in [-0.25, -0.2) is 4.98 Å². The molecule has 0 aliphatic carbocycles. The summed E-state index contributed by atoms with van der Waals surface area (Å²) in [4.78, 5) is 32.1. The Morgan fingerprint density at radius 2 is 2.07 bits per heavy atom. The van der Waals surface area contributed by atoms with Crippen molar-refractivity contribution >= 4 is 11.7 Å². The number of morpholine rings is 1. The maximum Gasteiger partial charge on any atom is 0.263 e. The largest absolute Gasteiger partial charge is 0.490 e. The summed E-state index contributed by atoms with van der Waals surface area (Å²) in [7, 11) is 0. The molecule has 0 atom stereocenters. The topological polar surface area (TPSA) is 85.7 Å². The van der Waals surface area contributed by atoms with Gasteiger partial charge in [0, 0.05) is 38.6 Å². The van der Waals surface area contributed by atoms with Gasteiger partial charge in [0.15, 0.2) is 11.6 Å². The Hall–Kier alpha value is -2.71.